The zero-order valence-electron chi connectivity index (χ0n) is 15.0. The molecule has 1 amide bonds. The largest absolute Gasteiger partial charge is 0.392 e. The molecule has 1 aliphatic heterocycles. The highest BCUT2D eigenvalue weighted by molar-refractivity contribution is 5.99. The molecule has 1 fully saturated rings. The third kappa shape index (κ3) is 3.78. The Hall–Kier alpha value is -2.92. The van der Waals surface area contributed by atoms with Crippen LogP contribution < -0.4 is 0 Å². The van der Waals surface area contributed by atoms with Gasteiger partial charge >= 0.3 is 0 Å². The first-order valence-electron chi connectivity index (χ1n) is 9.22. The molecule has 27 heavy (non-hydrogen) atoms. The van der Waals surface area contributed by atoms with E-state index in [0.29, 0.717) is 17.2 Å². The summed E-state index contributed by atoms with van der Waals surface area (Å²) >= 11 is 0. The Kier molecular flexibility index (Phi) is 5.03. The van der Waals surface area contributed by atoms with Crippen molar-refractivity contribution in [3.8, 4) is 11.3 Å². The van der Waals surface area contributed by atoms with Crippen molar-refractivity contribution in [2.75, 3.05) is 13.1 Å². The molecule has 0 saturated carbocycles. The fourth-order valence-corrected chi connectivity index (χ4v) is 3.73. The molecule has 1 N–H and O–H groups in total. The van der Waals surface area contributed by atoms with E-state index >= 15 is 0 Å². The summed E-state index contributed by atoms with van der Waals surface area (Å²) in [6, 6.07) is 17.6. The summed E-state index contributed by atoms with van der Waals surface area (Å²) in [5.74, 6) is 0.921. The van der Waals surface area contributed by atoms with Gasteiger partial charge in [0.15, 0.2) is 5.76 Å². The van der Waals surface area contributed by atoms with Crippen LogP contribution in [-0.2, 0) is 13.0 Å². The highest BCUT2D eigenvalue weighted by atomic mass is 16.5. The Morgan fingerprint density at radius 1 is 1.15 bits per heavy atom. The number of rotatable bonds is 5. The third-order valence-corrected chi connectivity index (χ3v) is 5.11. The lowest BCUT2D eigenvalue weighted by molar-refractivity contribution is 0.0787. The molecule has 1 aromatic heterocycles. The van der Waals surface area contributed by atoms with E-state index in [0.717, 1.165) is 37.1 Å². The van der Waals surface area contributed by atoms with E-state index in [-0.39, 0.29) is 12.5 Å². The monoisotopic (exact) mass is 362 g/mol. The van der Waals surface area contributed by atoms with Crippen LogP contribution in [0.1, 0.15) is 27.9 Å². The average molecular weight is 362 g/mol. The number of nitrogens with zero attached hydrogens (tertiary/aromatic N) is 2. The van der Waals surface area contributed by atoms with Crippen molar-refractivity contribution < 1.29 is 14.4 Å². The first-order chi connectivity index (χ1) is 13.2. The van der Waals surface area contributed by atoms with Crippen molar-refractivity contribution in [2.24, 2.45) is 5.92 Å². The topological polar surface area (TPSA) is 66.6 Å². The molecule has 1 saturated heterocycles. The van der Waals surface area contributed by atoms with Crippen LogP contribution in [0.4, 0.5) is 0 Å². The highest BCUT2D eigenvalue weighted by Gasteiger charge is 2.30. The number of hydrogen-bond acceptors (Lipinski definition) is 4. The van der Waals surface area contributed by atoms with E-state index in [2.05, 4.69) is 11.2 Å². The molecule has 138 valence electrons. The molecule has 0 aliphatic carbocycles. The van der Waals surface area contributed by atoms with Gasteiger partial charge in [-0.1, -0.05) is 59.8 Å². The lowest BCUT2D eigenvalue weighted by Gasteiger charge is -2.16. The standard InChI is InChI=1S/C22H22N2O3/c25-15-18-6-4-5-16(12-18)11-17-9-10-24(14-17)22(26)20-13-23-27-21(20)19-7-2-1-3-8-19/h1-8,12-13,17,25H,9-11,14-15H2. The Bertz CT molecular complexity index is 920. The minimum Gasteiger partial charge on any atom is -0.392 e. The second-order valence-corrected chi connectivity index (χ2v) is 7.02. The van der Waals surface area contributed by atoms with Crippen molar-refractivity contribution >= 4 is 5.91 Å². The third-order valence-electron chi connectivity index (χ3n) is 5.11. The Morgan fingerprint density at radius 2 is 1.96 bits per heavy atom. The van der Waals surface area contributed by atoms with Crippen LogP contribution in [0.25, 0.3) is 11.3 Å². The minimum absolute atomic E-state index is 0.0262. The van der Waals surface area contributed by atoms with Crippen molar-refractivity contribution in [2.45, 2.75) is 19.4 Å². The van der Waals surface area contributed by atoms with Crippen molar-refractivity contribution in [3.05, 3.63) is 77.5 Å². The Morgan fingerprint density at radius 3 is 2.78 bits per heavy atom. The van der Waals surface area contributed by atoms with Crippen LogP contribution in [0.2, 0.25) is 0 Å². The summed E-state index contributed by atoms with van der Waals surface area (Å²) in [5.41, 5.74) is 3.50. The van der Waals surface area contributed by atoms with Crippen molar-refractivity contribution in [3.63, 3.8) is 0 Å². The van der Waals surface area contributed by atoms with E-state index in [1.54, 1.807) is 0 Å². The molecule has 0 spiro atoms. The van der Waals surface area contributed by atoms with Crippen LogP contribution in [0.3, 0.4) is 0 Å². The van der Waals surface area contributed by atoms with Gasteiger partial charge in [-0.25, -0.2) is 0 Å². The minimum atomic E-state index is -0.0262. The number of hydrogen-bond donors (Lipinski definition) is 1. The molecular weight excluding hydrogens is 340 g/mol. The van der Waals surface area contributed by atoms with Gasteiger partial charge in [-0.15, -0.1) is 0 Å². The van der Waals surface area contributed by atoms with Crippen LogP contribution >= 0.6 is 0 Å². The van der Waals surface area contributed by atoms with Crippen LogP contribution in [-0.4, -0.2) is 34.2 Å². The maximum absolute atomic E-state index is 13.0. The average Bonchev–Trinajstić information content (AvgIpc) is 3.38. The smallest absolute Gasteiger partial charge is 0.259 e. The predicted octanol–water partition coefficient (Wildman–Crippen LogP) is 3.54. The maximum atomic E-state index is 13.0. The zero-order valence-corrected chi connectivity index (χ0v) is 15.0. The van der Waals surface area contributed by atoms with Gasteiger partial charge < -0.3 is 14.5 Å². The van der Waals surface area contributed by atoms with E-state index in [1.165, 1.54) is 11.8 Å². The van der Waals surface area contributed by atoms with Gasteiger partial charge in [0, 0.05) is 18.7 Å². The Balaban J connectivity index is 1.45. The van der Waals surface area contributed by atoms with E-state index in [4.69, 9.17) is 4.52 Å². The van der Waals surface area contributed by atoms with Crippen molar-refractivity contribution in [1.29, 1.82) is 0 Å². The first kappa shape index (κ1) is 17.5. The fourth-order valence-electron chi connectivity index (χ4n) is 3.73. The zero-order chi connectivity index (χ0) is 18.6. The molecule has 3 aromatic rings. The number of amides is 1. The predicted molar refractivity (Wildman–Crippen MR) is 102 cm³/mol. The number of aromatic nitrogens is 1. The fraction of sp³-hybridized carbons (Fsp3) is 0.273. The summed E-state index contributed by atoms with van der Waals surface area (Å²) in [6.45, 7) is 1.52. The van der Waals surface area contributed by atoms with E-state index in [1.807, 2.05) is 53.4 Å². The molecular formula is C22H22N2O3. The molecule has 2 aromatic carbocycles. The molecule has 0 radical (unpaired) electrons. The van der Waals surface area contributed by atoms with Gasteiger partial charge in [0.2, 0.25) is 0 Å². The summed E-state index contributed by atoms with van der Waals surface area (Å²) in [7, 11) is 0. The second-order valence-electron chi connectivity index (χ2n) is 7.02. The van der Waals surface area contributed by atoms with Crippen molar-refractivity contribution in [1.82, 2.24) is 10.1 Å². The molecule has 0 bridgehead atoms. The van der Waals surface area contributed by atoms with E-state index < -0.39 is 0 Å². The highest BCUT2D eigenvalue weighted by Crippen LogP contribution is 2.28. The van der Waals surface area contributed by atoms with Gasteiger partial charge in [-0.05, 0) is 29.9 Å². The molecule has 1 aliphatic rings. The summed E-state index contributed by atoms with van der Waals surface area (Å²) < 4.78 is 5.36. The molecule has 2 heterocycles. The quantitative estimate of drug-likeness (QED) is 0.754. The molecule has 4 rings (SSSR count). The van der Waals surface area contributed by atoms with Crippen LogP contribution in [0, 0.1) is 5.92 Å². The van der Waals surface area contributed by atoms with Gasteiger partial charge in [0.1, 0.15) is 5.56 Å². The number of benzene rings is 2. The Labute approximate surface area is 158 Å². The van der Waals surface area contributed by atoms with E-state index in [9.17, 15) is 9.90 Å². The van der Waals surface area contributed by atoms with Gasteiger partial charge in [-0.2, -0.15) is 0 Å². The summed E-state index contributed by atoms with van der Waals surface area (Å²) in [4.78, 5) is 14.9. The maximum Gasteiger partial charge on any atom is 0.259 e. The number of likely N-dealkylation sites (tertiary alicyclic amines) is 1. The lowest BCUT2D eigenvalue weighted by atomic mass is 9.97. The summed E-state index contributed by atoms with van der Waals surface area (Å²) in [5, 5.41) is 13.1. The normalized spacial score (nSPS) is 16.6. The van der Waals surface area contributed by atoms with Gasteiger partial charge in [-0.3, -0.25) is 4.79 Å². The molecule has 5 heteroatoms. The van der Waals surface area contributed by atoms with Gasteiger partial charge in [0.05, 0.1) is 12.8 Å². The SMILES string of the molecule is O=C(c1cnoc1-c1ccccc1)N1CCC(Cc2cccc(CO)c2)C1. The first-order valence-corrected chi connectivity index (χ1v) is 9.22. The molecule has 1 unspecified atom stereocenters. The van der Waals surface area contributed by atoms with Gasteiger partial charge in [0.25, 0.3) is 5.91 Å². The number of carbonyl (C=O) groups excluding carboxylic acids is 1. The molecule has 1 atom stereocenters. The number of aliphatic hydroxyl groups excluding tert-OH is 1. The van der Waals surface area contributed by atoms with Crippen LogP contribution in [0.15, 0.2) is 65.3 Å². The van der Waals surface area contributed by atoms with Crippen LogP contribution in [0.5, 0.6) is 0 Å². The molecule has 5 nitrogen and oxygen atoms in total. The lowest BCUT2D eigenvalue weighted by Crippen LogP contribution is -2.29. The number of aliphatic hydroxyl groups is 1. The number of carbonyl (C=O) groups is 1. The summed E-state index contributed by atoms with van der Waals surface area (Å²) in [6.07, 6.45) is 3.40. The second kappa shape index (κ2) is 7.76.